The van der Waals surface area contributed by atoms with Crippen molar-refractivity contribution >= 4 is 18.2 Å². The summed E-state index contributed by atoms with van der Waals surface area (Å²) in [5.74, 6) is -0.549. The maximum atomic E-state index is 13.4. The summed E-state index contributed by atoms with van der Waals surface area (Å²) in [5.41, 5.74) is 3.75. The normalized spacial score (nSPS) is 10.8. The molecule has 4 nitrogen and oxygen atoms in total. The fourth-order valence-corrected chi connectivity index (χ4v) is 3.21. The van der Waals surface area contributed by atoms with Crippen LogP contribution in [0.15, 0.2) is 54.7 Å². The number of hydrogen-bond acceptors (Lipinski definition) is 3. The van der Waals surface area contributed by atoms with Crippen LogP contribution >= 0.6 is 12.2 Å². The summed E-state index contributed by atoms with van der Waals surface area (Å²) < 4.78 is 22.7. The molecule has 0 aliphatic rings. The molecular weight excluding hydrogens is 363 g/mol. The van der Waals surface area contributed by atoms with Crippen molar-refractivity contribution < 1.29 is 13.9 Å². The van der Waals surface area contributed by atoms with Crippen molar-refractivity contribution in [2.24, 2.45) is 0 Å². The summed E-state index contributed by atoms with van der Waals surface area (Å²) in [5, 5.41) is 0. The fourth-order valence-electron chi connectivity index (χ4n) is 2.86. The molecule has 6 heteroatoms. The third kappa shape index (κ3) is 4.34. The molecule has 0 fully saturated rings. The first-order valence-corrected chi connectivity index (χ1v) is 9.21. The Labute approximate surface area is 162 Å². The standard InChI is InChI=1S/C21H21FN2O2S/c1-3-26-20(25)12-13-23-14-19(16-6-8-17(22)9-7-16)24(21(23)27)18-10-4-15(2)5-11-18/h4-11,14H,3,12-13H2,1-2H3. The second-order valence-electron chi connectivity index (χ2n) is 6.22. The quantitative estimate of drug-likeness (QED) is 0.439. The molecule has 3 rings (SSSR count). The number of hydrogen-bond donors (Lipinski definition) is 0. The van der Waals surface area contributed by atoms with Gasteiger partial charge >= 0.3 is 5.97 Å². The van der Waals surface area contributed by atoms with Gasteiger partial charge in [0.25, 0.3) is 0 Å². The molecule has 0 unspecified atom stereocenters. The van der Waals surface area contributed by atoms with Gasteiger partial charge in [0.15, 0.2) is 4.77 Å². The second kappa shape index (κ2) is 8.31. The number of carbonyl (C=O) groups is 1. The van der Waals surface area contributed by atoms with Gasteiger partial charge in [0.05, 0.1) is 18.7 Å². The van der Waals surface area contributed by atoms with Crippen LogP contribution in [0.4, 0.5) is 4.39 Å². The van der Waals surface area contributed by atoms with Crippen LogP contribution < -0.4 is 0 Å². The van der Waals surface area contributed by atoms with E-state index in [2.05, 4.69) is 0 Å². The molecular formula is C21H21FN2O2S. The molecule has 0 radical (unpaired) electrons. The minimum Gasteiger partial charge on any atom is -0.466 e. The summed E-state index contributed by atoms with van der Waals surface area (Å²) in [6.45, 7) is 4.58. The largest absolute Gasteiger partial charge is 0.466 e. The van der Waals surface area contributed by atoms with Crippen molar-refractivity contribution in [3.63, 3.8) is 0 Å². The zero-order valence-corrected chi connectivity index (χ0v) is 16.1. The highest BCUT2D eigenvalue weighted by atomic mass is 32.1. The Kier molecular flexibility index (Phi) is 5.86. The molecule has 140 valence electrons. The minimum atomic E-state index is -0.291. The van der Waals surface area contributed by atoms with Gasteiger partial charge in [-0.2, -0.15) is 0 Å². The van der Waals surface area contributed by atoms with E-state index >= 15 is 0 Å². The third-order valence-corrected chi connectivity index (χ3v) is 4.67. The summed E-state index contributed by atoms with van der Waals surface area (Å²) in [6.07, 6.45) is 2.14. The van der Waals surface area contributed by atoms with E-state index < -0.39 is 0 Å². The lowest BCUT2D eigenvalue weighted by atomic mass is 10.1. The number of benzene rings is 2. The lowest BCUT2D eigenvalue weighted by Crippen LogP contribution is -2.09. The van der Waals surface area contributed by atoms with Gasteiger partial charge < -0.3 is 9.30 Å². The van der Waals surface area contributed by atoms with Gasteiger partial charge in [-0.3, -0.25) is 9.36 Å². The molecule has 0 aliphatic heterocycles. The molecule has 27 heavy (non-hydrogen) atoms. The number of carbonyl (C=O) groups excluding carboxylic acids is 1. The van der Waals surface area contributed by atoms with E-state index in [1.165, 1.54) is 12.1 Å². The number of nitrogens with zero attached hydrogens (tertiary/aromatic N) is 2. The number of esters is 1. The third-order valence-electron chi connectivity index (χ3n) is 4.25. The molecule has 0 N–H and O–H groups in total. The average molecular weight is 384 g/mol. The van der Waals surface area contributed by atoms with Crippen LogP contribution in [-0.2, 0) is 16.1 Å². The highest BCUT2D eigenvalue weighted by Crippen LogP contribution is 2.26. The molecule has 0 bridgehead atoms. The van der Waals surface area contributed by atoms with E-state index in [1.54, 1.807) is 19.1 Å². The van der Waals surface area contributed by atoms with E-state index in [9.17, 15) is 9.18 Å². The molecule has 1 aromatic heterocycles. The van der Waals surface area contributed by atoms with Crippen LogP contribution in [0.1, 0.15) is 18.9 Å². The van der Waals surface area contributed by atoms with Crippen LogP contribution in [0, 0.1) is 17.5 Å². The maximum Gasteiger partial charge on any atom is 0.307 e. The molecule has 1 heterocycles. The van der Waals surface area contributed by atoms with Gasteiger partial charge in [-0.15, -0.1) is 0 Å². The predicted molar refractivity (Wildman–Crippen MR) is 106 cm³/mol. The van der Waals surface area contributed by atoms with Crippen LogP contribution in [0.5, 0.6) is 0 Å². The molecule has 3 aromatic rings. The Morgan fingerprint density at radius 2 is 1.78 bits per heavy atom. The zero-order valence-electron chi connectivity index (χ0n) is 15.3. The Morgan fingerprint density at radius 1 is 1.11 bits per heavy atom. The number of aromatic nitrogens is 2. The van der Waals surface area contributed by atoms with Crippen molar-refractivity contribution in [3.05, 3.63) is 70.9 Å². The van der Waals surface area contributed by atoms with E-state index in [-0.39, 0.29) is 18.2 Å². The Bertz CT molecular complexity index is 989. The molecule has 0 saturated carbocycles. The van der Waals surface area contributed by atoms with Crippen molar-refractivity contribution in [2.45, 2.75) is 26.8 Å². The number of rotatable bonds is 6. The number of halogens is 1. The van der Waals surface area contributed by atoms with Crippen LogP contribution in [0.2, 0.25) is 0 Å². The molecule has 0 spiro atoms. The Balaban J connectivity index is 2.05. The summed E-state index contributed by atoms with van der Waals surface area (Å²) in [6, 6.07) is 14.3. The van der Waals surface area contributed by atoms with Gasteiger partial charge in [-0.1, -0.05) is 17.7 Å². The highest BCUT2D eigenvalue weighted by Gasteiger charge is 2.14. The summed E-state index contributed by atoms with van der Waals surface area (Å²) in [4.78, 5) is 11.7. The minimum absolute atomic E-state index is 0.239. The van der Waals surface area contributed by atoms with Crippen LogP contribution in [0.25, 0.3) is 16.9 Å². The Morgan fingerprint density at radius 3 is 2.41 bits per heavy atom. The van der Waals surface area contributed by atoms with Gasteiger partial charge in [0.1, 0.15) is 5.82 Å². The first kappa shape index (κ1) is 19.0. The van der Waals surface area contributed by atoms with Crippen molar-refractivity contribution in [3.8, 4) is 16.9 Å². The van der Waals surface area contributed by atoms with Gasteiger partial charge in [-0.25, -0.2) is 4.39 Å². The maximum absolute atomic E-state index is 13.4. The van der Waals surface area contributed by atoms with E-state index in [0.29, 0.717) is 17.9 Å². The van der Waals surface area contributed by atoms with E-state index in [1.807, 2.05) is 46.5 Å². The first-order valence-electron chi connectivity index (χ1n) is 8.80. The van der Waals surface area contributed by atoms with Crippen molar-refractivity contribution in [1.82, 2.24) is 9.13 Å². The number of ether oxygens (including phenoxy) is 1. The summed E-state index contributed by atoms with van der Waals surface area (Å²) in [7, 11) is 0. The SMILES string of the molecule is CCOC(=O)CCn1cc(-c2ccc(F)cc2)n(-c2ccc(C)cc2)c1=S. The smallest absolute Gasteiger partial charge is 0.307 e. The van der Waals surface area contributed by atoms with Crippen LogP contribution in [0.3, 0.4) is 0 Å². The van der Waals surface area contributed by atoms with Crippen LogP contribution in [-0.4, -0.2) is 21.7 Å². The molecule has 0 amide bonds. The lowest BCUT2D eigenvalue weighted by Gasteiger charge is -2.09. The Hall–Kier alpha value is -2.73. The predicted octanol–water partition coefficient (Wildman–Crippen LogP) is 5.08. The topological polar surface area (TPSA) is 36.2 Å². The fraction of sp³-hybridized carbons (Fsp3) is 0.238. The van der Waals surface area contributed by atoms with E-state index in [4.69, 9.17) is 17.0 Å². The molecule has 0 saturated heterocycles. The van der Waals surface area contributed by atoms with Gasteiger partial charge in [0.2, 0.25) is 0 Å². The summed E-state index contributed by atoms with van der Waals surface area (Å²) >= 11 is 5.67. The lowest BCUT2D eigenvalue weighted by molar-refractivity contribution is -0.143. The molecule has 2 aromatic carbocycles. The average Bonchev–Trinajstić information content (AvgIpc) is 2.98. The monoisotopic (exact) mass is 384 g/mol. The van der Waals surface area contributed by atoms with Crippen molar-refractivity contribution in [2.75, 3.05) is 6.61 Å². The van der Waals surface area contributed by atoms with Gasteiger partial charge in [0, 0.05) is 24.0 Å². The number of imidazole rings is 1. The molecule has 0 atom stereocenters. The highest BCUT2D eigenvalue weighted by molar-refractivity contribution is 7.71. The van der Waals surface area contributed by atoms with E-state index in [0.717, 1.165) is 22.5 Å². The molecule has 0 aliphatic carbocycles. The number of aryl methyl sites for hydroxylation is 2. The zero-order chi connectivity index (χ0) is 19.4. The first-order chi connectivity index (χ1) is 13.0. The van der Waals surface area contributed by atoms with Gasteiger partial charge in [-0.05, 0) is 62.5 Å². The second-order valence-corrected chi connectivity index (χ2v) is 6.59. The van der Waals surface area contributed by atoms with Crippen molar-refractivity contribution in [1.29, 1.82) is 0 Å².